The number of benzene rings is 2. The third-order valence-corrected chi connectivity index (χ3v) is 4.68. The van der Waals surface area contributed by atoms with Gasteiger partial charge in [0, 0.05) is 11.4 Å². The fourth-order valence-electron chi connectivity index (χ4n) is 2.46. The van der Waals surface area contributed by atoms with Gasteiger partial charge in [0.1, 0.15) is 0 Å². The first-order valence-corrected chi connectivity index (χ1v) is 8.73. The summed E-state index contributed by atoms with van der Waals surface area (Å²) in [7, 11) is 0. The molecule has 1 nitrogen and oxygen atoms in total. The molecule has 2 heteroatoms. The van der Waals surface area contributed by atoms with Gasteiger partial charge < -0.3 is 5.32 Å². The van der Waals surface area contributed by atoms with Crippen LogP contribution in [-0.4, -0.2) is 18.8 Å². The smallest absolute Gasteiger partial charge is 0.00719 e. The summed E-state index contributed by atoms with van der Waals surface area (Å²) in [6.07, 6.45) is 1.20. The predicted octanol–water partition coefficient (Wildman–Crippen LogP) is 4.87. The molecule has 0 aliphatic carbocycles. The number of nitrogens with one attached hydrogen (secondary N) is 1. The van der Waals surface area contributed by atoms with Crippen molar-refractivity contribution in [2.75, 3.05) is 18.8 Å². The number of aryl methyl sites for hydroxylation is 1. The maximum absolute atomic E-state index is 3.51. The number of rotatable bonds is 8. The summed E-state index contributed by atoms with van der Waals surface area (Å²) < 4.78 is 0. The zero-order chi connectivity index (χ0) is 14.9. The summed E-state index contributed by atoms with van der Waals surface area (Å²) in [5, 5.41) is 3.51. The van der Waals surface area contributed by atoms with Gasteiger partial charge in [-0.2, -0.15) is 0 Å². The van der Waals surface area contributed by atoms with Crippen molar-refractivity contribution < 1.29 is 0 Å². The van der Waals surface area contributed by atoms with Crippen LogP contribution in [0.3, 0.4) is 0 Å². The molecule has 2 rings (SSSR count). The number of likely N-dealkylation sites (N-methyl/N-ethyl adjacent to an activating group) is 1. The topological polar surface area (TPSA) is 12.0 Å². The zero-order valence-electron chi connectivity index (χ0n) is 13.0. The molecule has 0 saturated carbocycles. The summed E-state index contributed by atoms with van der Waals surface area (Å²) in [5.41, 5.74) is 2.81. The maximum atomic E-state index is 3.51. The molecule has 0 aromatic heterocycles. The summed E-state index contributed by atoms with van der Waals surface area (Å²) >= 11 is 1.95. The minimum atomic E-state index is 0.598. The summed E-state index contributed by atoms with van der Waals surface area (Å²) in [5.74, 6) is 1.76. The second-order valence-corrected chi connectivity index (χ2v) is 6.54. The second-order valence-electron chi connectivity index (χ2n) is 5.37. The van der Waals surface area contributed by atoms with Gasteiger partial charge in [-0.3, -0.25) is 0 Å². The summed E-state index contributed by atoms with van der Waals surface area (Å²) in [6.45, 7) is 6.45. The average molecular weight is 299 g/mol. The lowest BCUT2D eigenvalue weighted by Gasteiger charge is -2.18. The molecule has 0 heterocycles. The molecular formula is C19H25NS. The largest absolute Gasteiger partial charge is 0.316 e. The van der Waals surface area contributed by atoms with Crippen molar-refractivity contribution in [3.05, 3.63) is 65.7 Å². The molecule has 0 aliphatic heterocycles. The van der Waals surface area contributed by atoms with Crippen LogP contribution in [0.25, 0.3) is 0 Å². The molecule has 1 atom stereocenters. The van der Waals surface area contributed by atoms with E-state index in [-0.39, 0.29) is 0 Å². The van der Waals surface area contributed by atoms with Gasteiger partial charge in [-0.1, -0.05) is 55.0 Å². The highest BCUT2D eigenvalue weighted by Crippen LogP contribution is 2.25. The van der Waals surface area contributed by atoms with Crippen molar-refractivity contribution in [1.82, 2.24) is 5.32 Å². The van der Waals surface area contributed by atoms with Crippen LogP contribution in [0.15, 0.2) is 59.5 Å². The van der Waals surface area contributed by atoms with Gasteiger partial charge in [0.2, 0.25) is 0 Å². The molecular weight excluding hydrogens is 274 g/mol. The highest BCUT2D eigenvalue weighted by Gasteiger charge is 2.11. The SMILES string of the molecule is CCNCC(CCSc1ccccc1)c1cccc(C)c1. The summed E-state index contributed by atoms with van der Waals surface area (Å²) in [4.78, 5) is 1.36. The molecule has 0 saturated heterocycles. The third-order valence-electron chi connectivity index (χ3n) is 3.63. The Labute approximate surface area is 133 Å². The molecule has 112 valence electrons. The van der Waals surface area contributed by atoms with Crippen molar-refractivity contribution in [1.29, 1.82) is 0 Å². The van der Waals surface area contributed by atoms with E-state index in [2.05, 4.69) is 73.8 Å². The Morgan fingerprint density at radius 1 is 1.05 bits per heavy atom. The summed E-state index contributed by atoms with van der Waals surface area (Å²) in [6, 6.07) is 19.6. The number of thioether (sulfide) groups is 1. The molecule has 2 aromatic carbocycles. The minimum absolute atomic E-state index is 0.598. The normalized spacial score (nSPS) is 12.3. The first-order chi connectivity index (χ1) is 10.3. The van der Waals surface area contributed by atoms with Crippen LogP contribution in [0.4, 0.5) is 0 Å². The molecule has 0 aliphatic rings. The number of hydrogen-bond donors (Lipinski definition) is 1. The molecule has 1 unspecified atom stereocenters. The highest BCUT2D eigenvalue weighted by molar-refractivity contribution is 7.99. The molecule has 0 bridgehead atoms. The fourth-order valence-corrected chi connectivity index (χ4v) is 3.45. The quantitative estimate of drug-likeness (QED) is 0.698. The van der Waals surface area contributed by atoms with Crippen LogP contribution < -0.4 is 5.32 Å². The predicted molar refractivity (Wildman–Crippen MR) is 94.2 cm³/mol. The van der Waals surface area contributed by atoms with Gasteiger partial charge in [0.15, 0.2) is 0 Å². The Morgan fingerprint density at radius 2 is 1.86 bits per heavy atom. The van der Waals surface area contributed by atoms with Crippen LogP contribution >= 0.6 is 11.8 Å². The van der Waals surface area contributed by atoms with Gasteiger partial charge in [0.05, 0.1) is 0 Å². The van der Waals surface area contributed by atoms with E-state index in [1.165, 1.54) is 22.4 Å². The monoisotopic (exact) mass is 299 g/mol. The average Bonchev–Trinajstić information content (AvgIpc) is 2.51. The Kier molecular flexibility index (Phi) is 6.84. The zero-order valence-corrected chi connectivity index (χ0v) is 13.8. The first-order valence-electron chi connectivity index (χ1n) is 7.74. The van der Waals surface area contributed by atoms with Gasteiger partial charge >= 0.3 is 0 Å². The van der Waals surface area contributed by atoms with Crippen LogP contribution in [-0.2, 0) is 0 Å². The Bertz CT molecular complexity index is 524. The van der Waals surface area contributed by atoms with E-state index in [9.17, 15) is 0 Å². The van der Waals surface area contributed by atoms with E-state index < -0.39 is 0 Å². The van der Waals surface area contributed by atoms with Crippen molar-refractivity contribution in [3.8, 4) is 0 Å². The molecule has 0 fully saturated rings. The molecule has 0 amide bonds. The van der Waals surface area contributed by atoms with Gasteiger partial charge in [-0.05, 0) is 49.3 Å². The maximum Gasteiger partial charge on any atom is 0.00719 e. The van der Waals surface area contributed by atoms with Gasteiger partial charge in [0.25, 0.3) is 0 Å². The lowest BCUT2D eigenvalue weighted by atomic mass is 9.95. The van der Waals surface area contributed by atoms with Crippen LogP contribution in [0.5, 0.6) is 0 Å². The Morgan fingerprint density at radius 3 is 2.57 bits per heavy atom. The van der Waals surface area contributed by atoms with Crippen molar-refractivity contribution >= 4 is 11.8 Å². The minimum Gasteiger partial charge on any atom is -0.316 e. The Hall–Kier alpha value is -1.25. The molecule has 1 N–H and O–H groups in total. The molecule has 21 heavy (non-hydrogen) atoms. The van der Waals surface area contributed by atoms with Crippen LogP contribution in [0.2, 0.25) is 0 Å². The molecule has 0 spiro atoms. The van der Waals surface area contributed by atoms with E-state index in [1.807, 2.05) is 11.8 Å². The van der Waals surface area contributed by atoms with E-state index in [4.69, 9.17) is 0 Å². The number of hydrogen-bond acceptors (Lipinski definition) is 2. The van der Waals surface area contributed by atoms with Crippen LogP contribution in [0, 0.1) is 6.92 Å². The highest BCUT2D eigenvalue weighted by atomic mass is 32.2. The standard InChI is InChI=1S/C19H25NS/c1-3-20-15-18(17-9-7-8-16(2)14-17)12-13-21-19-10-5-4-6-11-19/h4-11,14,18,20H,3,12-13,15H2,1-2H3. The van der Waals surface area contributed by atoms with Crippen molar-refractivity contribution in [2.45, 2.75) is 31.1 Å². The first kappa shape index (κ1) is 16.1. The Balaban J connectivity index is 1.93. The van der Waals surface area contributed by atoms with Crippen molar-refractivity contribution in [3.63, 3.8) is 0 Å². The third kappa shape index (κ3) is 5.56. The van der Waals surface area contributed by atoms with Gasteiger partial charge in [-0.25, -0.2) is 0 Å². The van der Waals surface area contributed by atoms with E-state index >= 15 is 0 Å². The molecule has 0 radical (unpaired) electrons. The van der Waals surface area contributed by atoms with Gasteiger partial charge in [-0.15, -0.1) is 11.8 Å². The molecule has 2 aromatic rings. The van der Waals surface area contributed by atoms with Crippen LogP contribution in [0.1, 0.15) is 30.4 Å². The lowest BCUT2D eigenvalue weighted by molar-refractivity contribution is 0.587. The lowest BCUT2D eigenvalue weighted by Crippen LogP contribution is -2.21. The van der Waals surface area contributed by atoms with E-state index in [1.54, 1.807) is 0 Å². The fraction of sp³-hybridized carbons (Fsp3) is 0.368. The van der Waals surface area contributed by atoms with E-state index in [0.29, 0.717) is 5.92 Å². The van der Waals surface area contributed by atoms with E-state index in [0.717, 1.165) is 18.8 Å². The van der Waals surface area contributed by atoms with Crippen molar-refractivity contribution in [2.24, 2.45) is 0 Å². The second kappa shape index (κ2) is 8.91.